The Morgan fingerprint density at radius 1 is 0.775 bits per heavy atom. The first-order valence-electron chi connectivity index (χ1n) is 10.6. The second-order valence-corrected chi connectivity index (χ2v) is 9.30. The van der Waals surface area contributed by atoms with Crippen LogP contribution < -0.4 is 0 Å². The minimum atomic E-state index is -6.96. The minimum Gasteiger partial charge on any atom is -0.462 e. The number of hydrogen-bond donors (Lipinski definition) is 2. The molecule has 0 bridgehead atoms. The molecule has 1 rings (SSSR count). The molecule has 2 N–H and O–H groups in total. The van der Waals surface area contributed by atoms with Gasteiger partial charge in [-0.15, -0.1) is 0 Å². The van der Waals surface area contributed by atoms with Crippen LogP contribution in [0.1, 0.15) is 39.5 Å². The van der Waals surface area contributed by atoms with Crippen LogP contribution in [0.3, 0.4) is 0 Å². The van der Waals surface area contributed by atoms with Crippen molar-refractivity contribution in [2.45, 2.75) is 99.1 Å². The van der Waals surface area contributed by atoms with Crippen molar-refractivity contribution in [2.75, 3.05) is 0 Å². The summed E-state index contributed by atoms with van der Waals surface area (Å²) in [5.74, 6) is -19.6. The van der Waals surface area contributed by atoms with Gasteiger partial charge in [-0.2, -0.15) is 52.7 Å². The van der Waals surface area contributed by atoms with E-state index in [9.17, 15) is 89.6 Å². The van der Waals surface area contributed by atoms with Crippen LogP contribution in [-0.2, 0) is 9.53 Å². The van der Waals surface area contributed by atoms with Crippen LogP contribution in [0.15, 0.2) is 0 Å². The van der Waals surface area contributed by atoms with E-state index in [-0.39, 0.29) is 6.92 Å². The molecule has 0 aromatic carbocycles. The summed E-state index contributed by atoms with van der Waals surface area (Å²) >= 11 is 0. The molecule has 4 nitrogen and oxygen atoms in total. The molecule has 0 aromatic rings. The molecule has 0 amide bonds. The third kappa shape index (κ3) is 5.77. The van der Waals surface area contributed by atoms with Gasteiger partial charge in [-0.1, -0.05) is 6.92 Å². The fraction of sp³-hybridized carbons (Fsp3) is 0.947. The highest BCUT2D eigenvalue weighted by molar-refractivity contribution is 5.75. The fourth-order valence-corrected chi connectivity index (χ4v) is 4.31. The van der Waals surface area contributed by atoms with Gasteiger partial charge in [0.05, 0.1) is 0 Å². The number of aliphatic hydroxyl groups is 2. The van der Waals surface area contributed by atoms with E-state index in [2.05, 4.69) is 4.74 Å². The maximum Gasteiger partial charge on any atom is 0.426 e. The smallest absolute Gasteiger partial charge is 0.426 e. The lowest BCUT2D eigenvalue weighted by atomic mass is 9.83. The van der Waals surface area contributed by atoms with Crippen molar-refractivity contribution < 1.29 is 94.4 Å². The van der Waals surface area contributed by atoms with Crippen molar-refractivity contribution in [2.24, 2.45) is 11.8 Å². The van der Waals surface area contributed by atoms with Crippen molar-refractivity contribution in [3.63, 3.8) is 0 Å². The van der Waals surface area contributed by atoms with Gasteiger partial charge in [0.1, 0.15) is 12.0 Å². The van der Waals surface area contributed by atoms with Gasteiger partial charge in [-0.05, 0) is 12.8 Å². The summed E-state index contributed by atoms with van der Waals surface area (Å²) in [5, 5.41) is 18.4. The summed E-state index contributed by atoms with van der Waals surface area (Å²) in [4.78, 5) is 12.3. The van der Waals surface area contributed by atoms with E-state index in [4.69, 9.17) is 0 Å². The molecule has 3 unspecified atom stereocenters. The fourth-order valence-electron chi connectivity index (χ4n) is 4.31. The summed E-state index contributed by atoms with van der Waals surface area (Å²) in [6, 6.07) is 0. The first kappa shape index (κ1) is 36.2. The number of hydrogen-bond acceptors (Lipinski definition) is 4. The van der Waals surface area contributed by atoms with Gasteiger partial charge < -0.3 is 14.9 Å². The second-order valence-electron chi connectivity index (χ2n) is 9.30. The zero-order valence-electron chi connectivity index (χ0n) is 19.7. The van der Waals surface area contributed by atoms with Gasteiger partial charge in [0.15, 0.2) is 0 Å². The molecule has 238 valence electrons. The summed E-state index contributed by atoms with van der Waals surface area (Å²) in [6.45, 7) is 0.441. The summed E-state index contributed by atoms with van der Waals surface area (Å²) < 4.78 is 233. The molecule has 1 aliphatic rings. The molecule has 0 aromatic heterocycles. The van der Waals surface area contributed by atoms with Crippen molar-refractivity contribution in [1.29, 1.82) is 0 Å². The predicted molar refractivity (Wildman–Crippen MR) is 94.5 cm³/mol. The Morgan fingerprint density at radius 2 is 1.10 bits per heavy atom. The Morgan fingerprint density at radius 3 is 1.32 bits per heavy atom. The number of carbonyl (C=O) groups is 1. The molecule has 0 aliphatic heterocycles. The lowest BCUT2D eigenvalue weighted by Crippen LogP contribution is -2.62. The maximum absolute atomic E-state index is 15.0. The number of esters is 1. The highest BCUT2D eigenvalue weighted by atomic mass is 19.4. The Hall–Kier alpha value is -1.80. The Bertz CT molecular complexity index is 846. The first-order chi connectivity index (χ1) is 17.3. The van der Waals surface area contributed by atoms with Crippen LogP contribution in [0.25, 0.3) is 0 Å². The third-order valence-corrected chi connectivity index (χ3v) is 6.63. The molecule has 1 fully saturated rings. The second kappa shape index (κ2) is 10.2. The highest BCUT2D eigenvalue weighted by Gasteiger charge is 2.79. The molecule has 0 radical (unpaired) electrons. The van der Waals surface area contributed by atoms with Gasteiger partial charge in [-0.3, -0.25) is 4.79 Å². The van der Waals surface area contributed by atoms with Crippen molar-refractivity contribution in [3.05, 3.63) is 0 Å². The molecule has 0 spiro atoms. The number of rotatable bonds is 8. The van der Waals surface area contributed by atoms with Gasteiger partial charge in [-0.25, -0.2) is 22.0 Å². The Labute approximate surface area is 212 Å². The average Bonchev–Trinajstić information content (AvgIpc) is 2.90. The molecular formula is C19H19F17O4. The quantitative estimate of drug-likeness (QED) is 0.239. The van der Waals surface area contributed by atoms with Gasteiger partial charge in [0.25, 0.3) is 17.1 Å². The zero-order valence-corrected chi connectivity index (χ0v) is 19.7. The van der Waals surface area contributed by atoms with Crippen LogP contribution in [0, 0.1) is 11.8 Å². The monoisotopic (exact) mass is 634 g/mol. The van der Waals surface area contributed by atoms with Gasteiger partial charge in [0, 0.05) is 25.7 Å². The van der Waals surface area contributed by atoms with E-state index in [1.807, 2.05) is 0 Å². The molecular weight excluding hydrogens is 615 g/mol. The van der Waals surface area contributed by atoms with Crippen molar-refractivity contribution in [1.82, 2.24) is 0 Å². The Kier molecular flexibility index (Phi) is 9.22. The normalized spacial score (nSPS) is 25.4. The highest BCUT2D eigenvalue weighted by Crippen LogP contribution is 2.61. The molecule has 0 heterocycles. The standard InChI is InChI=1S/C19H19F17O4/c1-3-7-4-9(15(23,24)14(7,22)11(2,20)21)10(37)40-8(5-12(38,16(25,26)27)17(28,29)30)6-13(39,18(31,32)33)19(34,35)36/h7-9,38-39H,3-6H2,1-2H3. The van der Waals surface area contributed by atoms with E-state index in [0.717, 1.165) is 6.92 Å². The SMILES string of the molecule is CCC1CC(C(=O)OC(CC(O)(C(F)(F)F)C(F)(F)F)CC(O)(C(F)(F)F)C(F)(F)F)C(F)(F)C1(F)C(C)(F)F. The van der Waals surface area contributed by atoms with E-state index >= 15 is 0 Å². The van der Waals surface area contributed by atoms with Gasteiger partial charge >= 0.3 is 36.6 Å². The van der Waals surface area contributed by atoms with Crippen molar-refractivity contribution >= 4 is 5.97 Å². The number of ether oxygens (including phenoxy) is 1. The summed E-state index contributed by atoms with van der Waals surface area (Å²) in [7, 11) is 0. The predicted octanol–water partition coefficient (Wildman–Crippen LogP) is 6.43. The number of alkyl halides is 17. The largest absolute Gasteiger partial charge is 0.462 e. The van der Waals surface area contributed by atoms with E-state index < -0.39 is 103 Å². The van der Waals surface area contributed by atoms with E-state index in [0.29, 0.717) is 0 Å². The van der Waals surface area contributed by atoms with Crippen LogP contribution in [0.5, 0.6) is 0 Å². The Balaban J connectivity index is 3.72. The van der Waals surface area contributed by atoms with Crippen LogP contribution in [0.2, 0.25) is 0 Å². The molecule has 3 atom stereocenters. The summed E-state index contributed by atoms with van der Waals surface area (Å²) in [6.07, 6.45) is -41.6. The molecule has 40 heavy (non-hydrogen) atoms. The minimum absolute atomic E-state index is 0.389. The molecule has 1 aliphatic carbocycles. The maximum atomic E-state index is 15.0. The third-order valence-electron chi connectivity index (χ3n) is 6.63. The lowest BCUT2D eigenvalue weighted by Gasteiger charge is -2.39. The number of carbonyl (C=O) groups excluding carboxylic acids is 1. The van der Waals surface area contributed by atoms with Crippen LogP contribution in [-0.4, -0.2) is 75.7 Å². The van der Waals surface area contributed by atoms with E-state index in [1.54, 1.807) is 0 Å². The van der Waals surface area contributed by atoms with Crippen LogP contribution >= 0.6 is 0 Å². The van der Waals surface area contributed by atoms with Crippen LogP contribution in [0.4, 0.5) is 74.6 Å². The van der Waals surface area contributed by atoms with Gasteiger partial charge in [0.2, 0.25) is 5.67 Å². The topological polar surface area (TPSA) is 66.8 Å². The molecule has 0 saturated heterocycles. The van der Waals surface area contributed by atoms with E-state index in [1.165, 1.54) is 0 Å². The lowest BCUT2D eigenvalue weighted by molar-refractivity contribution is -0.386. The first-order valence-corrected chi connectivity index (χ1v) is 10.6. The average molecular weight is 634 g/mol. The molecule has 21 heteroatoms. The molecule has 1 saturated carbocycles. The summed E-state index contributed by atoms with van der Waals surface area (Å²) in [5.41, 5.74) is -17.5. The number of halogens is 17. The van der Waals surface area contributed by atoms with Crippen molar-refractivity contribution in [3.8, 4) is 0 Å². The zero-order chi connectivity index (χ0) is 32.3.